The topological polar surface area (TPSA) is 64.6 Å². The Kier molecular flexibility index (Phi) is 1.21. The number of nitrogens with one attached hydrogen (secondary N) is 2. The lowest BCUT2D eigenvalue weighted by molar-refractivity contribution is -0.131. The number of rotatable bonds is 0. The van der Waals surface area contributed by atoms with Crippen LogP contribution >= 0.6 is 0 Å². The van der Waals surface area contributed by atoms with E-state index in [1.165, 1.54) is 0 Å². The third-order valence-electron chi connectivity index (χ3n) is 1.62. The van der Waals surface area contributed by atoms with Crippen LogP contribution in [0.5, 0.6) is 0 Å². The number of hydrogen-bond donors (Lipinski definition) is 3. The van der Waals surface area contributed by atoms with Crippen LogP contribution in [0, 0.1) is 0 Å². The molecular formula is C6H7N3O2. The van der Waals surface area contributed by atoms with Gasteiger partial charge in [0.05, 0.1) is 5.70 Å². The molecule has 0 aromatic heterocycles. The van der Waals surface area contributed by atoms with E-state index < -0.39 is 0 Å². The van der Waals surface area contributed by atoms with Gasteiger partial charge in [0.15, 0.2) is 11.5 Å². The molecule has 1 aliphatic heterocycles. The first kappa shape index (κ1) is 6.38. The Balaban J connectivity index is 2.41. The summed E-state index contributed by atoms with van der Waals surface area (Å²) in [5, 5.41) is 9.74. The van der Waals surface area contributed by atoms with E-state index in [4.69, 9.17) is 5.21 Å². The van der Waals surface area contributed by atoms with Crippen LogP contribution in [-0.2, 0) is 4.79 Å². The van der Waals surface area contributed by atoms with Crippen molar-refractivity contribution in [1.82, 2.24) is 16.1 Å². The Morgan fingerprint density at radius 1 is 1.64 bits per heavy atom. The normalized spacial score (nSPS) is 22.3. The van der Waals surface area contributed by atoms with Gasteiger partial charge in [-0.3, -0.25) is 15.4 Å². The van der Waals surface area contributed by atoms with Gasteiger partial charge < -0.3 is 0 Å². The van der Waals surface area contributed by atoms with Crippen LogP contribution in [-0.4, -0.2) is 16.2 Å². The average molecular weight is 153 g/mol. The van der Waals surface area contributed by atoms with Gasteiger partial charge in [0.2, 0.25) is 0 Å². The third-order valence-corrected chi connectivity index (χ3v) is 1.62. The molecule has 0 spiro atoms. The van der Waals surface area contributed by atoms with Gasteiger partial charge in [-0.2, -0.15) is 5.17 Å². The zero-order valence-corrected chi connectivity index (χ0v) is 5.66. The Labute approximate surface area is 62.9 Å². The molecule has 58 valence electrons. The second kappa shape index (κ2) is 2.08. The van der Waals surface area contributed by atoms with E-state index in [0.717, 1.165) is 0 Å². The summed E-state index contributed by atoms with van der Waals surface area (Å²) in [7, 11) is 0. The zero-order chi connectivity index (χ0) is 7.84. The number of carbonyl (C=O) groups excluding carboxylic acids is 1. The molecule has 2 aliphatic rings. The van der Waals surface area contributed by atoms with Gasteiger partial charge in [0.25, 0.3) is 0 Å². The van der Waals surface area contributed by atoms with Crippen LogP contribution in [0.2, 0.25) is 0 Å². The molecule has 0 saturated heterocycles. The molecule has 11 heavy (non-hydrogen) atoms. The summed E-state index contributed by atoms with van der Waals surface area (Å²) >= 11 is 0. The van der Waals surface area contributed by atoms with Gasteiger partial charge in [-0.15, -0.1) is 5.53 Å². The largest absolute Gasteiger partial charge is 0.300 e. The molecular weight excluding hydrogens is 146 g/mol. The molecule has 0 saturated carbocycles. The summed E-state index contributed by atoms with van der Waals surface area (Å²) in [6, 6.07) is 0. The molecule has 0 bridgehead atoms. The Bertz CT molecular complexity index is 269. The van der Waals surface area contributed by atoms with Crippen molar-refractivity contribution in [2.24, 2.45) is 0 Å². The van der Waals surface area contributed by atoms with Gasteiger partial charge in [0, 0.05) is 6.42 Å². The molecule has 0 radical (unpaired) electrons. The number of hydroxylamine groups is 1. The predicted molar refractivity (Wildman–Crippen MR) is 35.7 cm³/mol. The van der Waals surface area contributed by atoms with Crippen LogP contribution in [0.4, 0.5) is 0 Å². The molecule has 2 rings (SSSR count). The minimum atomic E-state index is -0.0949. The van der Waals surface area contributed by atoms with Crippen LogP contribution in [0.1, 0.15) is 6.42 Å². The molecule has 0 aromatic rings. The van der Waals surface area contributed by atoms with Crippen molar-refractivity contribution in [1.29, 1.82) is 0 Å². The first-order valence-corrected chi connectivity index (χ1v) is 3.24. The van der Waals surface area contributed by atoms with Crippen LogP contribution in [0.15, 0.2) is 23.5 Å². The van der Waals surface area contributed by atoms with Crippen molar-refractivity contribution >= 4 is 5.78 Å². The van der Waals surface area contributed by atoms with Crippen LogP contribution < -0.4 is 11.0 Å². The summed E-state index contributed by atoms with van der Waals surface area (Å²) in [6.45, 7) is 0. The first-order valence-electron chi connectivity index (χ1n) is 3.24. The minimum absolute atomic E-state index is 0.0949. The highest BCUT2D eigenvalue weighted by molar-refractivity contribution is 5.98. The fourth-order valence-corrected chi connectivity index (χ4v) is 1.11. The lowest BCUT2D eigenvalue weighted by Crippen LogP contribution is -2.36. The standard InChI is InChI=1S/C6H7N3O2/c10-5-3-1-2-4-6(5)9(11)8-7-4/h1-2,7-8,11H,3H2. The lowest BCUT2D eigenvalue weighted by atomic mass is 10.1. The fraction of sp³-hybridized carbons (Fsp3) is 0.167. The van der Waals surface area contributed by atoms with E-state index >= 15 is 0 Å². The van der Waals surface area contributed by atoms with Crippen molar-refractivity contribution in [2.75, 3.05) is 0 Å². The van der Waals surface area contributed by atoms with Crippen LogP contribution in [0.3, 0.4) is 0 Å². The molecule has 1 aliphatic carbocycles. The fourth-order valence-electron chi connectivity index (χ4n) is 1.11. The van der Waals surface area contributed by atoms with Gasteiger partial charge in [-0.25, -0.2) is 0 Å². The molecule has 5 nitrogen and oxygen atoms in total. The molecule has 3 N–H and O–H groups in total. The summed E-state index contributed by atoms with van der Waals surface area (Å²) in [4.78, 5) is 11.1. The van der Waals surface area contributed by atoms with Crippen LogP contribution in [0.25, 0.3) is 0 Å². The molecule has 5 heteroatoms. The van der Waals surface area contributed by atoms with Gasteiger partial charge in [-0.05, 0) is 6.08 Å². The number of hydrazine groups is 2. The lowest BCUT2D eigenvalue weighted by Gasteiger charge is -2.10. The highest BCUT2D eigenvalue weighted by Gasteiger charge is 2.26. The minimum Gasteiger partial charge on any atom is -0.300 e. The van der Waals surface area contributed by atoms with Gasteiger partial charge in [-0.1, -0.05) is 6.08 Å². The number of Topliss-reactive ketones (excluding diaryl/α,β-unsaturated/α-hetero) is 1. The molecule has 0 atom stereocenters. The van der Waals surface area contributed by atoms with Crippen molar-refractivity contribution < 1.29 is 10.0 Å². The number of nitrogens with zero attached hydrogens (tertiary/aromatic N) is 1. The first-order chi connectivity index (χ1) is 5.29. The highest BCUT2D eigenvalue weighted by Crippen LogP contribution is 2.17. The number of carbonyl (C=O) groups is 1. The quantitative estimate of drug-likeness (QED) is 0.435. The predicted octanol–water partition coefficient (Wildman–Crippen LogP) is -0.559. The van der Waals surface area contributed by atoms with E-state index in [1.54, 1.807) is 12.2 Å². The number of allylic oxidation sites excluding steroid dienone is 3. The molecule has 1 heterocycles. The second-order valence-corrected chi connectivity index (χ2v) is 2.34. The Morgan fingerprint density at radius 3 is 3.18 bits per heavy atom. The molecule has 0 unspecified atom stereocenters. The summed E-state index contributed by atoms with van der Waals surface area (Å²) in [6.07, 6.45) is 3.84. The molecule has 0 fully saturated rings. The zero-order valence-electron chi connectivity index (χ0n) is 5.66. The Hall–Kier alpha value is -1.33. The summed E-state index contributed by atoms with van der Waals surface area (Å²) in [5.41, 5.74) is 5.92. The average Bonchev–Trinajstić information content (AvgIpc) is 2.34. The van der Waals surface area contributed by atoms with Crippen molar-refractivity contribution in [3.8, 4) is 0 Å². The van der Waals surface area contributed by atoms with Gasteiger partial charge in [0.1, 0.15) is 0 Å². The number of hydrogen-bond acceptors (Lipinski definition) is 5. The smallest absolute Gasteiger partial charge is 0.188 e. The highest BCUT2D eigenvalue weighted by atomic mass is 16.6. The van der Waals surface area contributed by atoms with E-state index in [2.05, 4.69) is 11.0 Å². The van der Waals surface area contributed by atoms with Crippen molar-refractivity contribution in [2.45, 2.75) is 6.42 Å². The Morgan fingerprint density at radius 2 is 2.45 bits per heavy atom. The monoisotopic (exact) mass is 153 g/mol. The van der Waals surface area contributed by atoms with Crippen molar-refractivity contribution in [3.63, 3.8) is 0 Å². The van der Waals surface area contributed by atoms with E-state index in [9.17, 15) is 4.79 Å². The molecule has 0 aromatic carbocycles. The second-order valence-electron chi connectivity index (χ2n) is 2.34. The third kappa shape index (κ3) is 0.821. The van der Waals surface area contributed by atoms with E-state index in [1.807, 2.05) is 0 Å². The van der Waals surface area contributed by atoms with E-state index in [0.29, 0.717) is 17.3 Å². The summed E-state index contributed by atoms with van der Waals surface area (Å²) < 4.78 is 0. The summed E-state index contributed by atoms with van der Waals surface area (Å²) in [5.74, 6) is -0.0949. The van der Waals surface area contributed by atoms with Gasteiger partial charge >= 0.3 is 0 Å². The van der Waals surface area contributed by atoms with E-state index in [-0.39, 0.29) is 11.5 Å². The maximum absolute atomic E-state index is 11.1. The van der Waals surface area contributed by atoms with Crippen molar-refractivity contribution in [3.05, 3.63) is 23.5 Å². The number of ketones is 1. The molecule has 0 amide bonds. The maximum atomic E-state index is 11.1. The SMILES string of the molecule is O=C1CC=CC2=C1N(O)NN2. The maximum Gasteiger partial charge on any atom is 0.188 e.